The van der Waals surface area contributed by atoms with Gasteiger partial charge in [0.25, 0.3) is 0 Å². The Balaban J connectivity index is 1.78. The zero-order chi connectivity index (χ0) is 21.2. The fourth-order valence-corrected chi connectivity index (χ4v) is 5.04. The fraction of sp³-hybridized carbons (Fsp3) is 0.524. The van der Waals surface area contributed by atoms with E-state index in [1.165, 1.54) is 13.3 Å². The van der Waals surface area contributed by atoms with E-state index in [-0.39, 0.29) is 40.8 Å². The minimum Gasteiger partial charge on any atom is -0.492 e. The number of fused-ring (bicyclic) bond motifs is 2. The molecule has 3 heterocycles. The summed E-state index contributed by atoms with van der Waals surface area (Å²) < 4.78 is 28.8. The summed E-state index contributed by atoms with van der Waals surface area (Å²) in [6, 6.07) is 1.21. The molecule has 3 atom stereocenters. The van der Waals surface area contributed by atoms with Crippen LogP contribution in [0.25, 0.3) is 10.9 Å². The van der Waals surface area contributed by atoms with Gasteiger partial charge in [-0.1, -0.05) is 0 Å². The minimum atomic E-state index is -1.32. The van der Waals surface area contributed by atoms with E-state index in [0.717, 1.165) is 25.3 Å². The Labute approximate surface area is 172 Å². The second-order valence-corrected chi connectivity index (χ2v) is 8.29. The van der Waals surface area contributed by atoms with Crippen LogP contribution < -0.4 is 20.8 Å². The number of aromatic nitrogens is 1. The molecule has 3 N–H and O–H groups in total. The first-order valence-electron chi connectivity index (χ1n) is 10.2. The van der Waals surface area contributed by atoms with Crippen LogP contribution in [0.4, 0.5) is 10.1 Å². The maximum absolute atomic E-state index is 15.5. The number of benzene rings is 1. The van der Waals surface area contributed by atoms with E-state index in [1.807, 2.05) is 4.90 Å². The molecule has 3 fully saturated rings. The number of halogens is 1. The predicted molar refractivity (Wildman–Crippen MR) is 108 cm³/mol. The first-order chi connectivity index (χ1) is 14.5. The number of carbonyl (C=O) groups is 1. The molecule has 3 unspecified atom stereocenters. The highest BCUT2D eigenvalue weighted by molar-refractivity contribution is 5.97. The number of nitrogens with zero attached hydrogens (tertiary/aromatic N) is 2. The second kappa shape index (κ2) is 6.95. The smallest absolute Gasteiger partial charge is 0.341 e. The molecule has 1 aliphatic carbocycles. The average molecular weight is 417 g/mol. The predicted octanol–water partition coefficient (Wildman–Crippen LogP) is 1.73. The van der Waals surface area contributed by atoms with Crippen molar-refractivity contribution in [2.45, 2.75) is 37.5 Å². The summed E-state index contributed by atoms with van der Waals surface area (Å²) in [6.45, 7) is 1.56. The van der Waals surface area contributed by atoms with E-state index in [4.69, 9.17) is 15.2 Å². The fourth-order valence-electron chi connectivity index (χ4n) is 5.04. The largest absolute Gasteiger partial charge is 0.492 e. The zero-order valence-electron chi connectivity index (χ0n) is 16.6. The molecule has 1 aromatic carbocycles. The van der Waals surface area contributed by atoms with Gasteiger partial charge in [0.05, 0.1) is 30.2 Å². The number of carboxylic acid groups (broad SMARTS) is 1. The van der Waals surface area contributed by atoms with Crippen molar-refractivity contribution in [1.29, 1.82) is 0 Å². The molecular weight excluding hydrogens is 393 g/mol. The van der Waals surface area contributed by atoms with E-state index < -0.39 is 17.2 Å². The minimum absolute atomic E-state index is 0.0150. The van der Waals surface area contributed by atoms with E-state index in [9.17, 15) is 14.7 Å². The number of carboxylic acids is 1. The lowest BCUT2D eigenvalue weighted by molar-refractivity contribution is 0.0694. The van der Waals surface area contributed by atoms with Crippen molar-refractivity contribution in [3.63, 3.8) is 0 Å². The van der Waals surface area contributed by atoms with Gasteiger partial charge in [-0.2, -0.15) is 0 Å². The van der Waals surface area contributed by atoms with Crippen molar-refractivity contribution >= 4 is 22.6 Å². The molecule has 9 heteroatoms. The molecule has 5 rings (SSSR count). The van der Waals surface area contributed by atoms with Crippen LogP contribution in [0.1, 0.15) is 35.7 Å². The molecule has 0 radical (unpaired) electrons. The zero-order valence-corrected chi connectivity index (χ0v) is 16.6. The molecule has 30 heavy (non-hydrogen) atoms. The molecule has 1 aromatic heterocycles. The number of ether oxygens (including phenoxy) is 2. The SMILES string of the molecule is COc1c(N2CC(CN)C3OCCC32)c(F)cc2c(=O)c(C(=O)O)cn(C3CC3)c12. The Morgan fingerprint density at radius 1 is 1.40 bits per heavy atom. The van der Waals surface area contributed by atoms with Gasteiger partial charge in [-0.25, -0.2) is 9.18 Å². The number of hydrogen-bond donors (Lipinski definition) is 2. The summed E-state index contributed by atoms with van der Waals surface area (Å²) in [5.74, 6) is -1.59. The third-order valence-electron chi connectivity index (χ3n) is 6.56. The van der Waals surface area contributed by atoms with Crippen LogP contribution in [0.15, 0.2) is 17.1 Å². The third kappa shape index (κ3) is 2.72. The number of aromatic carboxylic acids is 1. The summed E-state index contributed by atoms with van der Waals surface area (Å²) in [5, 5.41) is 9.48. The monoisotopic (exact) mass is 417 g/mol. The number of pyridine rings is 1. The van der Waals surface area contributed by atoms with Crippen molar-refractivity contribution in [3.05, 3.63) is 33.9 Å². The third-order valence-corrected chi connectivity index (χ3v) is 6.56. The van der Waals surface area contributed by atoms with Gasteiger partial charge < -0.3 is 29.8 Å². The molecule has 2 aromatic rings. The molecule has 3 aliphatic rings. The molecule has 160 valence electrons. The molecule has 2 aliphatic heterocycles. The number of rotatable bonds is 5. The lowest BCUT2D eigenvalue weighted by atomic mass is 10.0. The van der Waals surface area contributed by atoms with Crippen molar-refractivity contribution in [1.82, 2.24) is 4.57 Å². The van der Waals surface area contributed by atoms with Crippen LogP contribution in [0, 0.1) is 11.7 Å². The Morgan fingerprint density at radius 2 is 2.17 bits per heavy atom. The number of nitrogens with two attached hydrogens (primary N) is 1. The van der Waals surface area contributed by atoms with Crippen LogP contribution in [-0.2, 0) is 4.74 Å². The molecule has 1 saturated carbocycles. The Bertz CT molecular complexity index is 1100. The van der Waals surface area contributed by atoms with E-state index in [2.05, 4.69) is 0 Å². The first-order valence-corrected chi connectivity index (χ1v) is 10.2. The lowest BCUT2D eigenvalue weighted by Crippen LogP contribution is -2.33. The van der Waals surface area contributed by atoms with E-state index in [1.54, 1.807) is 4.57 Å². The Morgan fingerprint density at radius 3 is 2.80 bits per heavy atom. The van der Waals surface area contributed by atoms with Crippen LogP contribution in [0.3, 0.4) is 0 Å². The second-order valence-electron chi connectivity index (χ2n) is 8.29. The Hall–Kier alpha value is -2.65. The van der Waals surface area contributed by atoms with Crippen LogP contribution in [-0.4, -0.2) is 54.6 Å². The molecule has 8 nitrogen and oxygen atoms in total. The molecular formula is C21H24FN3O5. The van der Waals surface area contributed by atoms with Gasteiger partial charge in [-0.3, -0.25) is 4.79 Å². The normalized spacial score (nSPS) is 25.7. The maximum atomic E-state index is 15.5. The first kappa shape index (κ1) is 19.3. The summed E-state index contributed by atoms with van der Waals surface area (Å²) in [6.07, 6.45) is 3.79. The van der Waals surface area contributed by atoms with Crippen molar-refractivity contribution in [2.75, 3.05) is 31.7 Å². The lowest BCUT2D eigenvalue weighted by Gasteiger charge is -2.28. The van der Waals surface area contributed by atoms with Gasteiger partial charge in [0.1, 0.15) is 11.3 Å². The van der Waals surface area contributed by atoms with E-state index >= 15 is 4.39 Å². The number of anilines is 1. The van der Waals surface area contributed by atoms with Crippen LogP contribution in [0.5, 0.6) is 5.75 Å². The van der Waals surface area contributed by atoms with Gasteiger partial charge >= 0.3 is 5.97 Å². The summed E-state index contributed by atoms with van der Waals surface area (Å²) in [7, 11) is 1.45. The van der Waals surface area contributed by atoms with Crippen molar-refractivity contribution in [2.24, 2.45) is 11.7 Å². The van der Waals surface area contributed by atoms with Gasteiger partial charge in [0.2, 0.25) is 5.43 Å². The summed E-state index contributed by atoms with van der Waals surface area (Å²) in [4.78, 5) is 26.4. The molecule has 0 spiro atoms. The van der Waals surface area contributed by atoms with Gasteiger partial charge in [-0.15, -0.1) is 0 Å². The summed E-state index contributed by atoms with van der Waals surface area (Å²) in [5.41, 5.74) is 5.60. The molecule has 0 amide bonds. The van der Waals surface area contributed by atoms with Gasteiger partial charge in [0.15, 0.2) is 11.6 Å². The quantitative estimate of drug-likeness (QED) is 0.763. The van der Waals surface area contributed by atoms with E-state index in [0.29, 0.717) is 30.9 Å². The highest BCUT2D eigenvalue weighted by atomic mass is 19.1. The molecule has 2 saturated heterocycles. The van der Waals surface area contributed by atoms with Gasteiger partial charge in [0, 0.05) is 31.3 Å². The number of methoxy groups -OCH3 is 1. The van der Waals surface area contributed by atoms with Crippen molar-refractivity contribution < 1.29 is 23.8 Å². The highest BCUT2D eigenvalue weighted by Gasteiger charge is 2.47. The topological polar surface area (TPSA) is 107 Å². The highest BCUT2D eigenvalue weighted by Crippen LogP contribution is 2.47. The Kier molecular flexibility index (Phi) is 4.48. The van der Waals surface area contributed by atoms with Crippen LogP contribution >= 0.6 is 0 Å². The maximum Gasteiger partial charge on any atom is 0.341 e. The van der Waals surface area contributed by atoms with Gasteiger partial charge in [-0.05, 0) is 31.9 Å². The van der Waals surface area contributed by atoms with Crippen LogP contribution in [0.2, 0.25) is 0 Å². The average Bonchev–Trinajstić information content (AvgIpc) is 3.34. The standard InChI is InChI=1S/C21H24FN3O5/c1-29-20-16-12(18(26)13(21(27)28)9-24(16)11-2-3-11)6-14(22)17(20)25-8-10(7-23)19-15(25)4-5-30-19/h6,9-11,15,19H,2-5,7-8,23H2,1H3,(H,27,28). The molecule has 0 bridgehead atoms. The van der Waals surface area contributed by atoms with Crippen molar-refractivity contribution in [3.8, 4) is 5.75 Å². The summed E-state index contributed by atoms with van der Waals surface area (Å²) >= 11 is 0. The number of hydrogen-bond acceptors (Lipinski definition) is 6.